The summed E-state index contributed by atoms with van der Waals surface area (Å²) in [6, 6.07) is 2.47. The van der Waals surface area contributed by atoms with Gasteiger partial charge in [0.2, 0.25) is 5.95 Å². The van der Waals surface area contributed by atoms with E-state index in [9.17, 15) is 9.18 Å². The molecule has 15 heavy (non-hydrogen) atoms. The van der Waals surface area contributed by atoms with Crippen LogP contribution in [-0.4, -0.2) is 30.3 Å². The highest BCUT2D eigenvalue weighted by molar-refractivity contribution is 5.89. The average Bonchev–Trinajstić information content (AvgIpc) is 2.71. The molecule has 0 bridgehead atoms. The molecule has 1 fully saturated rings. The van der Waals surface area contributed by atoms with Gasteiger partial charge in [-0.25, -0.2) is 9.78 Å². The van der Waals surface area contributed by atoms with E-state index in [-0.39, 0.29) is 11.7 Å². The van der Waals surface area contributed by atoms with E-state index < -0.39 is 11.9 Å². The van der Waals surface area contributed by atoms with E-state index in [4.69, 9.17) is 9.47 Å². The molecule has 4 nitrogen and oxygen atoms in total. The third-order valence-corrected chi connectivity index (χ3v) is 2.12. The number of carbonyl (C=O) groups is 1. The molecule has 80 valence electrons. The van der Waals surface area contributed by atoms with Gasteiger partial charge in [-0.3, -0.25) is 0 Å². The molecule has 2 heterocycles. The summed E-state index contributed by atoms with van der Waals surface area (Å²) in [6.45, 7) is 1.04. The van der Waals surface area contributed by atoms with E-state index in [2.05, 4.69) is 4.98 Å². The molecule has 0 radical (unpaired) electrons. The zero-order valence-corrected chi connectivity index (χ0v) is 7.98. The molecule has 0 aliphatic carbocycles. The standard InChI is InChI=1S/C10H10FNO3/c11-9-2-1-7(5-12-9)10(13)15-8-3-4-14-6-8/h1-2,5,8H,3-4,6H2. The first kappa shape index (κ1) is 10.0. The highest BCUT2D eigenvalue weighted by Gasteiger charge is 2.20. The maximum absolute atomic E-state index is 12.5. The summed E-state index contributed by atoms with van der Waals surface area (Å²) in [6.07, 6.45) is 1.68. The molecule has 0 saturated carbocycles. The van der Waals surface area contributed by atoms with Crippen LogP contribution in [0, 0.1) is 5.95 Å². The lowest BCUT2D eigenvalue weighted by atomic mass is 10.3. The number of ether oxygens (including phenoxy) is 2. The van der Waals surface area contributed by atoms with Gasteiger partial charge in [0.1, 0.15) is 6.10 Å². The molecule has 1 aromatic rings. The number of nitrogens with zero attached hydrogens (tertiary/aromatic N) is 1. The molecule has 2 rings (SSSR count). The van der Waals surface area contributed by atoms with E-state index in [0.717, 1.165) is 12.3 Å². The molecule has 0 aromatic carbocycles. The van der Waals surface area contributed by atoms with Crippen molar-refractivity contribution in [1.82, 2.24) is 4.98 Å². The second-order valence-electron chi connectivity index (χ2n) is 3.26. The van der Waals surface area contributed by atoms with Gasteiger partial charge in [0.15, 0.2) is 0 Å². The predicted molar refractivity (Wildman–Crippen MR) is 48.8 cm³/mol. The van der Waals surface area contributed by atoms with E-state index in [0.29, 0.717) is 19.6 Å². The number of esters is 1. The highest BCUT2D eigenvalue weighted by Crippen LogP contribution is 2.11. The van der Waals surface area contributed by atoms with Gasteiger partial charge >= 0.3 is 5.97 Å². The molecule has 1 atom stereocenters. The summed E-state index contributed by atoms with van der Waals surface area (Å²) in [7, 11) is 0. The first-order chi connectivity index (χ1) is 7.25. The lowest BCUT2D eigenvalue weighted by Gasteiger charge is -2.09. The summed E-state index contributed by atoms with van der Waals surface area (Å²) in [5, 5.41) is 0. The van der Waals surface area contributed by atoms with Crippen molar-refractivity contribution in [2.45, 2.75) is 12.5 Å². The molecule has 1 unspecified atom stereocenters. The first-order valence-corrected chi connectivity index (χ1v) is 4.66. The largest absolute Gasteiger partial charge is 0.456 e. The molecule has 0 spiro atoms. The van der Waals surface area contributed by atoms with Crippen LogP contribution in [0.1, 0.15) is 16.8 Å². The number of halogens is 1. The Morgan fingerprint density at radius 3 is 3.07 bits per heavy atom. The van der Waals surface area contributed by atoms with Crippen LogP contribution in [0.15, 0.2) is 18.3 Å². The van der Waals surface area contributed by atoms with Crippen LogP contribution in [0.4, 0.5) is 4.39 Å². The molecular weight excluding hydrogens is 201 g/mol. The Balaban J connectivity index is 1.98. The van der Waals surface area contributed by atoms with Crippen LogP contribution in [0.5, 0.6) is 0 Å². The molecule has 0 amide bonds. The molecule has 1 saturated heterocycles. The van der Waals surface area contributed by atoms with Crippen molar-refractivity contribution in [2.24, 2.45) is 0 Å². The van der Waals surface area contributed by atoms with Gasteiger partial charge < -0.3 is 9.47 Å². The third-order valence-electron chi connectivity index (χ3n) is 2.12. The summed E-state index contributed by atoms with van der Waals surface area (Å²) in [5.74, 6) is -1.10. The van der Waals surface area contributed by atoms with E-state index in [1.807, 2.05) is 0 Å². The Morgan fingerprint density at radius 1 is 1.60 bits per heavy atom. The highest BCUT2D eigenvalue weighted by atomic mass is 19.1. The predicted octanol–water partition coefficient (Wildman–Crippen LogP) is 1.17. The van der Waals surface area contributed by atoms with Crippen molar-refractivity contribution in [1.29, 1.82) is 0 Å². The number of carbonyl (C=O) groups excluding carboxylic acids is 1. The Labute approximate surface area is 86.0 Å². The summed E-state index contributed by atoms with van der Waals surface area (Å²) in [4.78, 5) is 14.8. The van der Waals surface area contributed by atoms with Crippen molar-refractivity contribution >= 4 is 5.97 Å². The minimum Gasteiger partial charge on any atom is -0.456 e. The van der Waals surface area contributed by atoms with Crippen LogP contribution < -0.4 is 0 Å². The van der Waals surface area contributed by atoms with Crippen molar-refractivity contribution in [2.75, 3.05) is 13.2 Å². The normalized spacial score (nSPS) is 20.2. The number of hydrogen-bond acceptors (Lipinski definition) is 4. The van der Waals surface area contributed by atoms with Gasteiger partial charge in [-0.15, -0.1) is 0 Å². The van der Waals surface area contributed by atoms with Crippen LogP contribution in [0.2, 0.25) is 0 Å². The van der Waals surface area contributed by atoms with E-state index in [1.54, 1.807) is 0 Å². The van der Waals surface area contributed by atoms with Gasteiger partial charge in [-0.05, 0) is 12.1 Å². The molecule has 1 aliphatic rings. The summed E-state index contributed by atoms with van der Waals surface area (Å²) in [5.41, 5.74) is 0.253. The fourth-order valence-corrected chi connectivity index (χ4v) is 1.32. The van der Waals surface area contributed by atoms with Crippen molar-refractivity contribution in [3.63, 3.8) is 0 Å². The third kappa shape index (κ3) is 2.50. The Kier molecular flexibility index (Phi) is 2.91. The fourth-order valence-electron chi connectivity index (χ4n) is 1.32. The monoisotopic (exact) mass is 211 g/mol. The Morgan fingerprint density at radius 2 is 2.47 bits per heavy atom. The van der Waals surface area contributed by atoms with Crippen molar-refractivity contribution < 1.29 is 18.7 Å². The second kappa shape index (κ2) is 4.35. The van der Waals surface area contributed by atoms with Gasteiger partial charge in [0, 0.05) is 12.6 Å². The second-order valence-corrected chi connectivity index (χ2v) is 3.26. The molecule has 5 heteroatoms. The zero-order valence-electron chi connectivity index (χ0n) is 7.98. The van der Waals surface area contributed by atoms with Crippen LogP contribution >= 0.6 is 0 Å². The molecule has 1 aromatic heterocycles. The van der Waals surface area contributed by atoms with Gasteiger partial charge in [-0.1, -0.05) is 0 Å². The quantitative estimate of drug-likeness (QED) is 0.544. The lowest BCUT2D eigenvalue weighted by Crippen LogP contribution is -2.18. The number of rotatable bonds is 2. The molecule has 1 aliphatic heterocycles. The Hall–Kier alpha value is -1.49. The van der Waals surface area contributed by atoms with Gasteiger partial charge in [0.05, 0.1) is 18.8 Å². The maximum atomic E-state index is 12.5. The van der Waals surface area contributed by atoms with Gasteiger partial charge in [0.25, 0.3) is 0 Å². The topological polar surface area (TPSA) is 48.4 Å². The summed E-state index contributed by atoms with van der Waals surface area (Å²) >= 11 is 0. The SMILES string of the molecule is O=C(OC1CCOC1)c1ccc(F)nc1. The molecule has 0 N–H and O–H groups in total. The summed E-state index contributed by atoms with van der Waals surface area (Å²) < 4.78 is 22.6. The van der Waals surface area contributed by atoms with Crippen molar-refractivity contribution in [3.05, 3.63) is 29.8 Å². The van der Waals surface area contributed by atoms with Crippen molar-refractivity contribution in [3.8, 4) is 0 Å². The maximum Gasteiger partial charge on any atom is 0.340 e. The Bertz CT molecular complexity index is 346. The fraction of sp³-hybridized carbons (Fsp3) is 0.400. The lowest BCUT2D eigenvalue weighted by molar-refractivity contribution is 0.0270. The number of aromatic nitrogens is 1. The van der Waals surface area contributed by atoms with Crippen LogP contribution in [0.25, 0.3) is 0 Å². The van der Waals surface area contributed by atoms with Gasteiger partial charge in [-0.2, -0.15) is 4.39 Å². The molecular formula is C10H10FNO3. The zero-order chi connectivity index (χ0) is 10.7. The van der Waals surface area contributed by atoms with Crippen LogP contribution in [0.3, 0.4) is 0 Å². The number of pyridine rings is 1. The van der Waals surface area contributed by atoms with E-state index >= 15 is 0 Å². The van der Waals surface area contributed by atoms with E-state index in [1.165, 1.54) is 6.07 Å². The minimum absolute atomic E-state index is 0.192. The first-order valence-electron chi connectivity index (χ1n) is 4.66. The minimum atomic E-state index is -0.615. The van der Waals surface area contributed by atoms with Crippen LogP contribution in [-0.2, 0) is 9.47 Å². The average molecular weight is 211 g/mol. The number of hydrogen-bond donors (Lipinski definition) is 0. The smallest absolute Gasteiger partial charge is 0.340 e.